The number of anilines is 1. The van der Waals surface area contributed by atoms with Crippen LogP contribution in [0.1, 0.15) is 18.3 Å². The number of aromatic nitrogens is 6. The summed E-state index contributed by atoms with van der Waals surface area (Å²) in [7, 11) is -1.95. The third-order valence-electron chi connectivity index (χ3n) is 5.33. The Bertz CT molecular complexity index is 1480. The van der Waals surface area contributed by atoms with Crippen LogP contribution in [0.15, 0.2) is 59.4 Å². The Kier molecular flexibility index (Phi) is 6.32. The van der Waals surface area contributed by atoms with Crippen molar-refractivity contribution in [1.29, 1.82) is 0 Å². The number of aryl methyl sites for hydroxylation is 1. The summed E-state index contributed by atoms with van der Waals surface area (Å²) in [5.74, 6) is 0.198. The van der Waals surface area contributed by atoms with Gasteiger partial charge in [-0.2, -0.15) is 5.10 Å². The molecule has 0 fully saturated rings. The SMILES string of the molecule is CNS(=O)(=O)CCCn1c(SC2=COC(c3ccccc3-c3cc[nH]n3)O2)nc2c(N)ncnc21. The molecule has 14 heteroatoms. The highest BCUT2D eigenvalue weighted by atomic mass is 32.2. The molecule has 3 aromatic heterocycles. The third kappa shape index (κ3) is 4.80. The highest BCUT2D eigenvalue weighted by Crippen LogP contribution is 2.40. The third-order valence-corrected chi connectivity index (χ3v) is 7.66. The quantitative estimate of drug-likeness (QED) is 0.302. The first-order valence-electron chi connectivity index (χ1n) is 10.6. The van der Waals surface area contributed by atoms with Crippen molar-refractivity contribution in [2.75, 3.05) is 18.5 Å². The molecule has 4 aromatic rings. The van der Waals surface area contributed by atoms with Crippen LogP contribution in [0.4, 0.5) is 5.82 Å². The van der Waals surface area contributed by atoms with Gasteiger partial charge in [0.1, 0.15) is 12.6 Å². The van der Waals surface area contributed by atoms with Crippen LogP contribution in [0.3, 0.4) is 0 Å². The zero-order valence-corrected chi connectivity index (χ0v) is 20.2. The average molecular weight is 515 g/mol. The monoisotopic (exact) mass is 514 g/mol. The normalized spacial score (nSPS) is 15.7. The van der Waals surface area contributed by atoms with E-state index in [0.717, 1.165) is 16.8 Å². The molecule has 4 heterocycles. The van der Waals surface area contributed by atoms with E-state index in [1.807, 2.05) is 30.3 Å². The zero-order valence-electron chi connectivity index (χ0n) is 18.6. The van der Waals surface area contributed by atoms with E-state index in [2.05, 4.69) is 29.9 Å². The molecule has 0 amide bonds. The van der Waals surface area contributed by atoms with Crippen molar-refractivity contribution in [3.8, 4) is 11.3 Å². The molecular weight excluding hydrogens is 492 g/mol. The van der Waals surface area contributed by atoms with E-state index in [-0.39, 0.29) is 11.6 Å². The lowest BCUT2D eigenvalue weighted by Crippen LogP contribution is -2.22. The van der Waals surface area contributed by atoms with Gasteiger partial charge in [0.05, 0.1) is 11.4 Å². The van der Waals surface area contributed by atoms with Gasteiger partial charge >= 0.3 is 0 Å². The first-order valence-corrected chi connectivity index (χ1v) is 13.1. The van der Waals surface area contributed by atoms with Gasteiger partial charge in [0.15, 0.2) is 22.1 Å². The van der Waals surface area contributed by atoms with Crippen molar-refractivity contribution in [3.05, 3.63) is 59.8 Å². The van der Waals surface area contributed by atoms with Crippen LogP contribution in [-0.4, -0.2) is 50.9 Å². The summed E-state index contributed by atoms with van der Waals surface area (Å²) in [5, 5.41) is 8.09. The molecule has 0 radical (unpaired) electrons. The Labute approximate surface area is 205 Å². The van der Waals surface area contributed by atoms with Gasteiger partial charge in [-0.15, -0.1) is 0 Å². The fraction of sp³-hybridized carbons (Fsp3) is 0.238. The number of nitrogens with two attached hydrogens (primary N) is 1. The first-order chi connectivity index (χ1) is 16.9. The van der Waals surface area contributed by atoms with Crippen molar-refractivity contribution < 1.29 is 17.9 Å². The smallest absolute Gasteiger partial charge is 0.268 e. The highest BCUT2D eigenvalue weighted by molar-refractivity contribution is 8.02. The lowest BCUT2D eigenvalue weighted by Gasteiger charge is -2.15. The van der Waals surface area contributed by atoms with Gasteiger partial charge in [-0.05, 0) is 31.3 Å². The Hall–Kier alpha value is -3.62. The number of benzene rings is 1. The minimum atomic E-state index is -3.34. The van der Waals surface area contributed by atoms with E-state index in [1.165, 1.54) is 31.4 Å². The van der Waals surface area contributed by atoms with Crippen LogP contribution in [0.25, 0.3) is 22.4 Å². The molecule has 5 rings (SSSR count). The van der Waals surface area contributed by atoms with Crippen molar-refractivity contribution in [1.82, 2.24) is 34.4 Å². The van der Waals surface area contributed by atoms with E-state index >= 15 is 0 Å². The van der Waals surface area contributed by atoms with Crippen LogP contribution in [0, 0.1) is 0 Å². The summed E-state index contributed by atoms with van der Waals surface area (Å²) in [6, 6.07) is 9.57. The van der Waals surface area contributed by atoms with Gasteiger partial charge in [0.2, 0.25) is 15.1 Å². The summed E-state index contributed by atoms with van der Waals surface area (Å²) < 4.78 is 39.7. The van der Waals surface area contributed by atoms with Crippen LogP contribution >= 0.6 is 11.8 Å². The molecule has 182 valence electrons. The van der Waals surface area contributed by atoms with Gasteiger partial charge < -0.3 is 19.8 Å². The summed E-state index contributed by atoms with van der Waals surface area (Å²) in [4.78, 5) is 12.9. The number of imidazole rings is 1. The van der Waals surface area contributed by atoms with Crippen LogP contribution in [0.5, 0.6) is 0 Å². The molecule has 0 spiro atoms. The Morgan fingerprint density at radius 1 is 1.26 bits per heavy atom. The summed E-state index contributed by atoms with van der Waals surface area (Å²) in [6.45, 7) is 0.357. The van der Waals surface area contributed by atoms with Crippen LogP contribution < -0.4 is 10.5 Å². The van der Waals surface area contributed by atoms with E-state index < -0.39 is 16.3 Å². The second-order valence-electron chi connectivity index (χ2n) is 7.53. The van der Waals surface area contributed by atoms with Crippen molar-refractivity contribution in [2.45, 2.75) is 24.4 Å². The summed E-state index contributed by atoms with van der Waals surface area (Å²) in [6.07, 6.45) is 4.32. The number of nitrogen functional groups attached to an aromatic ring is 1. The number of rotatable bonds is 9. The fourth-order valence-corrected chi connectivity index (χ4v) is 5.18. The molecular formula is C21H22N8O4S2. The molecule has 12 nitrogen and oxygen atoms in total. The maximum atomic E-state index is 11.9. The van der Waals surface area contributed by atoms with Gasteiger partial charge in [0, 0.05) is 23.9 Å². The number of fused-ring (bicyclic) bond motifs is 1. The zero-order chi connectivity index (χ0) is 24.4. The molecule has 35 heavy (non-hydrogen) atoms. The molecule has 1 atom stereocenters. The Balaban J connectivity index is 1.37. The Morgan fingerprint density at radius 3 is 2.91 bits per heavy atom. The molecule has 0 saturated heterocycles. The maximum Gasteiger partial charge on any atom is 0.268 e. The van der Waals surface area contributed by atoms with E-state index in [1.54, 1.807) is 10.8 Å². The second kappa shape index (κ2) is 9.56. The average Bonchev–Trinajstić information content (AvgIpc) is 3.61. The predicted molar refractivity (Wildman–Crippen MR) is 130 cm³/mol. The molecule has 0 bridgehead atoms. The highest BCUT2D eigenvalue weighted by Gasteiger charge is 2.27. The van der Waals surface area contributed by atoms with E-state index in [9.17, 15) is 8.42 Å². The molecule has 0 aliphatic carbocycles. The number of thioether (sulfide) groups is 1. The van der Waals surface area contributed by atoms with Gasteiger partial charge in [-0.1, -0.05) is 24.3 Å². The largest absolute Gasteiger partial charge is 0.454 e. The number of hydrogen-bond donors (Lipinski definition) is 3. The van der Waals surface area contributed by atoms with Crippen LogP contribution in [0.2, 0.25) is 0 Å². The number of nitrogens with one attached hydrogen (secondary N) is 2. The van der Waals surface area contributed by atoms with Crippen molar-refractivity contribution in [2.24, 2.45) is 0 Å². The molecule has 1 aliphatic rings. The summed E-state index contributed by atoms with van der Waals surface area (Å²) >= 11 is 1.23. The lowest BCUT2D eigenvalue weighted by molar-refractivity contribution is -0.0269. The molecule has 0 saturated carbocycles. The number of H-pyrrole nitrogens is 1. The van der Waals surface area contributed by atoms with Crippen LogP contribution in [-0.2, 0) is 26.0 Å². The number of ether oxygens (including phenoxy) is 2. The summed E-state index contributed by atoms with van der Waals surface area (Å²) in [5.41, 5.74) is 9.45. The second-order valence-corrected chi connectivity index (χ2v) is 10.5. The number of nitrogens with zero attached hydrogens (tertiary/aromatic N) is 5. The number of hydrogen-bond acceptors (Lipinski definition) is 10. The molecule has 4 N–H and O–H groups in total. The fourth-order valence-electron chi connectivity index (χ4n) is 3.63. The van der Waals surface area contributed by atoms with Gasteiger partial charge in [0.25, 0.3) is 6.29 Å². The topological polar surface area (TPSA) is 163 Å². The standard InChI is InChI=1S/C21H22N8O4S2/c1-23-35(30,31)10-4-9-29-19-17(18(22)24-12-25-19)27-21(29)34-16-11-32-20(33-16)14-6-3-2-5-13(14)15-7-8-26-28-15/h2-3,5-8,11-12,20,23H,4,9-10H2,1H3,(H,26,28)(H2,22,24,25). The Morgan fingerprint density at radius 2 is 2.11 bits per heavy atom. The van der Waals surface area contributed by atoms with E-state index in [0.29, 0.717) is 34.4 Å². The van der Waals surface area contributed by atoms with Crippen molar-refractivity contribution in [3.63, 3.8) is 0 Å². The minimum absolute atomic E-state index is 0.0395. The van der Waals surface area contributed by atoms with E-state index in [4.69, 9.17) is 15.2 Å². The van der Waals surface area contributed by atoms with Gasteiger partial charge in [-0.3, -0.25) is 5.10 Å². The van der Waals surface area contributed by atoms with Crippen molar-refractivity contribution >= 4 is 38.8 Å². The first kappa shape index (κ1) is 23.1. The minimum Gasteiger partial charge on any atom is -0.454 e. The van der Waals surface area contributed by atoms with Gasteiger partial charge in [-0.25, -0.2) is 28.1 Å². The number of aromatic amines is 1. The molecule has 1 unspecified atom stereocenters. The molecule has 1 aromatic carbocycles. The maximum absolute atomic E-state index is 11.9. The number of sulfonamides is 1. The predicted octanol–water partition coefficient (Wildman–Crippen LogP) is 2.37. The molecule has 1 aliphatic heterocycles. The lowest BCUT2D eigenvalue weighted by atomic mass is 10.0.